The van der Waals surface area contributed by atoms with Gasteiger partial charge in [0.15, 0.2) is 5.65 Å². The summed E-state index contributed by atoms with van der Waals surface area (Å²) in [6.07, 6.45) is 5.25. The molecule has 1 fully saturated rings. The van der Waals surface area contributed by atoms with Gasteiger partial charge in [-0.25, -0.2) is 4.98 Å². The molecule has 2 aromatic carbocycles. The lowest BCUT2D eigenvalue weighted by molar-refractivity contribution is 0.348. The van der Waals surface area contributed by atoms with Crippen LogP contribution in [-0.2, 0) is 12.5 Å². The topological polar surface area (TPSA) is 56.9 Å². The fraction of sp³-hybridized carbons (Fsp3) is 0.393. The van der Waals surface area contributed by atoms with E-state index in [-0.39, 0.29) is 27.8 Å². The molecule has 2 heterocycles. The van der Waals surface area contributed by atoms with Crippen molar-refractivity contribution in [3.63, 3.8) is 0 Å². The second kappa shape index (κ2) is 7.98. The van der Waals surface area contributed by atoms with Crippen LogP contribution in [0.25, 0.3) is 33.3 Å². The number of rotatable bonds is 2. The molecule has 0 radical (unpaired) electrons. The Hall–Kier alpha value is -3.21. The zero-order valence-electron chi connectivity index (χ0n) is 19.9. The Morgan fingerprint density at radius 2 is 1.58 bits per heavy atom. The SMILES string of the molecule is Cn1c2ccccc2c(=O)c2c(=O)n(C3CCCCC3)c(-c3ccc(C(C)(C)C)cc3)nc21. The quantitative estimate of drug-likeness (QED) is 0.374. The molecule has 5 rings (SSSR count). The summed E-state index contributed by atoms with van der Waals surface area (Å²) < 4.78 is 3.70. The van der Waals surface area contributed by atoms with E-state index >= 15 is 0 Å². The molecule has 170 valence electrons. The minimum atomic E-state index is -0.226. The second-order valence-corrected chi connectivity index (χ2v) is 10.3. The molecule has 5 nitrogen and oxygen atoms in total. The van der Waals surface area contributed by atoms with Crippen LogP contribution in [0.5, 0.6) is 0 Å². The summed E-state index contributed by atoms with van der Waals surface area (Å²) in [4.78, 5) is 32.4. The third kappa shape index (κ3) is 3.60. The molecule has 1 saturated carbocycles. The molecular formula is C28H31N3O2. The number of hydrogen-bond donors (Lipinski definition) is 0. The number of benzene rings is 2. The van der Waals surface area contributed by atoms with Crippen LogP contribution in [-0.4, -0.2) is 14.1 Å². The molecule has 0 bridgehead atoms. The van der Waals surface area contributed by atoms with Crippen molar-refractivity contribution in [3.05, 3.63) is 74.7 Å². The smallest absolute Gasteiger partial charge is 0.267 e. The zero-order valence-corrected chi connectivity index (χ0v) is 19.9. The van der Waals surface area contributed by atoms with Gasteiger partial charge in [-0.3, -0.25) is 14.2 Å². The molecule has 1 aliphatic rings. The van der Waals surface area contributed by atoms with Crippen molar-refractivity contribution in [1.29, 1.82) is 0 Å². The molecule has 33 heavy (non-hydrogen) atoms. The van der Waals surface area contributed by atoms with E-state index in [1.165, 1.54) is 12.0 Å². The Morgan fingerprint density at radius 1 is 0.909 bits per heavy atom. The fourth-order valence-electron chi connectivity index (χ4n) is 5.17. The number of nitrogens with zero attached hydrogens (tertiary/aromatic N) is 3. The predicted molar refractivity (Wildman–Crippen MR) is 135 cm³/mol. The molecule has 0 saturated heterocycles. The number of fused-ring (bicyclic) bond motifs is 2. The minimum Gasteiger partial charge on any atom is -0.328 e. The maximum absolute atomic E-state index is 14.0. The molecule has 0 atom stereocenters. The van der Waals surface area contributed by atoms with Crippen molar-refractivity contribution < 1.29 is 0 Å². The summed E-state index contributed by atoms with van der Waals surface area (Å²) in [5.41, 5.74) is 2.98. The van der Waals surface area contributed by atoms with Crippen molar-refractivity contribution in [3.8, 4) is 11.4 Å². The zero-order chi connectivity index (χ0) is 23.3. The summed E-state index contributed by atoms with van der Waals surface area (Å²) in [5.74, 6) is 0.658. The van der Waals surface area contributed by atoms with Gasteiger partial charge in [-0.15, -0.1) is 0 Å². The average molecular weight is 442 g/mol. The van der Waals surface area contributed by atoms with Gasteiger partial charge in [-0.05, 0) is 36.0 Å². The maximum atomic E-state index is 14.0. The standard InChI is InChI=1S/C28H31N3O2/c1-28(2,3)19-16-14-18(15-17-19)25-29-26-23(27(33)31(25)20-10-6-5-7-11-20)24(32)21-12-8-9-13-22(21)30(26)4/h8-9,12-17,20H,5-7,10-11H2,1-4H3. The largest absolute Gasteiger partial charge is 0.328 e. The number of para-hydroxylation sites is 1. The summed E-state index contributed by atoms with van der Waals surface area (Å²) in [6.45, 7) is 6.57. The van der Waals surface area contributed by atoms with E-state index in [4.69, 9.17) is 4.98 Å². The molecule has 0 amide bonds. The maximum Gasteiger partial charge on any atom is 0.267 e. The predicted octanol–water partition coefficient (Wildman–Crippen LogP) is 5.72. The highest BCUT2D eigenvalue weighted by Gasteiger charge is 2.25. The third-order valence-electron chi connectivity index (χ3n) is 7.10. The lowest BCUT2D eigenvalue weighted by atomic mass is 9.86. The highest BCUT2D eigenvalue weighted by atomic mass is 16.1. The van der Waals surface area contributed by atoms with Crippen molar-refractivity contribution in [2.75, 3.05) is 0 Å². The molecule has 0 N–H and O–H groups in total. The molecule has 0 aliphatic heterocycles. The van der Waals surface area contributed by atoms with Gasteiger partial charge < -0.3 is 4.57 Å². The van der Waals surface area contributed by atoms with E-state index in [1.54, 1.807) is 6.07 Å². The van der Waals surface area contributed by atoms with Crippen LogP contribution in [0.3, 0.4) is 0 Å². The minimum absolute atomic E-state index is 0.0429. The van der Waals surface area contributed by atoms with Gasteiger partial charge in [0.25, 0.3) is 5.56 Å². The van der Waals surface area contributed by atoms with Gasteiger partial charge in [0.1, 0.15) is 11.2 Å². The van der Waals surface area contributed by atoms with E-state index in [0.717, 1.165) is 36.8 Å². The van der Waals surface area contributed by atoms with E-state index in [2.05, 4.69) is 45.0 Å². The summed E-state index contributed by atoms with van der Waals surface area (Å²) >= 11 is 0. The number of aryl methyl sites for hydroxylation is 1. The van der Waals surface area contributed by atoms with Crippen LogP contribution >= 0.6 is 0 Å². The number of pyridine rings is 1. The van der Waals surface area contributed by atoms with Gasteiger partial charge in [-0.1, -0.05) is 76.4 Å². The highest BCUT2D eigenvalue weighted by molar-refractivity contribution is 5.91. The molecule has 0 unspecified atom stereocenters. The molecule has 4 aromatic rings. The van der Waals surface area contributed by atoms with Crippen LogP contribution in [0, 0.1) is 0 Å². The van der Waals surface area contributed by atoms with Crippen molar-refractivity contribution in [2.24, 2.45) is 7.05 Å². The second-order valence-electron chi connectivity index (χ2n) is 10.3. The Balaban J connectivity index is 1.85. The lowest BCUT2D eigenvalue weighted by Gasteiger charge is -2.27. The Labute approximate surface area is 193 Å². The molecule has 5 heteroatoms. The Kier molecular flexibility index (Phi) is 5.23. The van der Waals surface area contributed by atoms with Gasteiger partial charge in [0.05, 0.1) is 5.52 Å². The number of aromatic nitrogens is 3. The van der Waals surface area contributed by atoms with Crippen molar-refractivity contribution >= 4 is 21.9 Å². The normalized spacial score (nSPS) is 15.4. The molecule has 1 aliphatic carbocycles. The third-order valence-corrected chi connectivity index (χ3v) is 7.10. The van der Waals surface area contributed by atoms with Crippen LogP contribution in [0.1, 0.15) is 64.5 Å². The molecular weight excluding hydrogens is 410 g/mol. The van der Waals surface area contributed by atoms with Crippen LogP contribution in [0.2, 0.25) is 0 Å². The van der Waals surface area contributed by atoms with Gasteiger partial charge >= 0.3 is 0 Å². The Morgan fingerprint density at radius 3 is 2.24 bits per heavy atom. The molecule has 2 aromatic heterocycles. The first-order chi connectivity index (χ1) is 15.8. The van der Waals surface area contributed by atoms with Crippen LogP contribution in [0.15, 0.2) is 58.1 Å². The van der Waals surface area contributed by atoms with Crippen molar-refractivity contribution in [1.82, 2.24) is 14.1 Å². The average Bonchev–Trinajstić information content (AvgIpc) is 2.82. The summed E-state index contributed by atoms with van der Waals surface area (Å²) in [7, 11) is 1.88. The van der Waals surface area contributed by atoms with E-state index in [0.29, 0.717) is 16.9 Å². The van der Waals surface area contributed by atoms with E-state index < -0.39 is 0 Å². The van der Waals surface area contributed by atoms with Gasteiger partial charge in [0.2, 0.25) is 5.43 Å². The first kappa shape index (κ1) is 21.6. The summed E-state index contributed by atoms with van der Waals surface area (Å²) in [6, 6.07) is 15.9. The van der Waals surface area contributed by atoms with Gasteiger partial charge in [-0.2, -0.15) is 0 Å². The Bertz CT molecular complexity index is 1460. The lowest BCUT2D eigenvalue weighted by Crippen LogP contribution is -2.32. The fourth-order valence-corrected chi connectivity index (χ4v) is 5.17. The van der Waals surface area contributed by atoms with Crippen LogP contribution < -0.4 is 11.0 Å². The highest BCUT2D eigenvalue weighted by Crippen LogP contribution is 2.32. The first-order valence-electron chi connectivity index (χ1n) is 11.9. The number of hydrogen-bond acceptors (Lipinski definition) is 3. The molecule has 0 spiro atoms. The van der Waals surface area contributed by atoms with E-state index in [9.17, 15) is 9.59 Å². The van der Waals surface area contributed by atoms with E-state index in [1.807, 2.05) is 34.4 Å². The van der Waals surface area contributed by atoms with Crippen molar-refractivity contribution in [2.45, 2.75) is 64.3 Å². The monoisotopic (exact) mass is 441 g/mol. The van der Waals surface area contributed by atoms with Gasteiger partial charge in [0, 0.05) is 24.0 Å². The van der Waals surface area contributed by atoms with Crippen LogP contribution in [0.4, 0.5) is 0 Å². The first-order valence-corrected chi connectivity index (χ1v) is 11.9. The summed E-state index contributed by atoms with van der Waals surface area (Å²) in [5, 5.41) is 0.751.